The summed E-state index contributed by atoms with van der Waals surface area (Å²) in [5.74, 6) is -2.47. The predicted octanol–water partition coefficient (Wildman–Crippen LogP) is 5.54. The van der Waals surface area contributed by atoms with Gasteiger partial charge in [-0.15, -0.1) is 13.2 Å². The molecule has 3 aliphatic rings. The van der Waals surface area contributed by atoms with Crippen LogP contribution in [0.15, 0.2) is 86.0 Å². The molecule has 2 aromatic carbocycles. The van der Waals surface area contributed by atoms with Gasteiger partial charge in [-0.1, -0.05) is 81.5 Å². The van der Waals surface area contributed by atoms with Gasteiger partial charge in [0.1, 0.15) is 11.6 Å². The summed E-state index contributed by atoms with van der Waals surface area (Å²) in [5, 5.41) is 10.9. The van der Waals surface area contributed by atoms with E-state index in [0.717, 1.165) is 0 Å². The lowest BCUT2D eigenvalue weighted by Crippen LogP contribution is -2.61. The van der Waals surface area contributed by atoms with Crippen molar-refractivity contribution in [2.24, 2.45) is 17.3 Å². The van der Waals surface area contributed by atoms with E-state index in [-0.39, 0.29) is 42.8 Å². The summed E-state index contributed by atoms with van der Waals surface area (Å²) in [6, 6.07) is 16.8. The standard InChI is InChI=1S/C38H49N3O5/c1-8-22-39(27-18-14-11-15-19-27)33(43)30-29-20-21-38(46-29)31(30)34(44)41(28(24-42)26-16-12-10-13-17-26)32(38)35(45)40(23-9-2)37(6,7)25-36(3,4)5/h8-19,28-32,42H,1-2,20-25H2,3-7H3/t28-,29+,30-,31+,32?,38?/m1/s1. The molecule has 0 radical (unpaired) electrons. The van der Waals surface area contributed by atoms with Crippen LogP contribution in [0, 0.1) is 17.3 Å². The van der Waals surface area contributed by atoms with Gasteiger partial charge in [0.15, 0.2) is 0 Å². The summed E-state index contributed by atoms with van der Waals surface area (Å²) < 4.78 is 6.80. The zero-order valence-electron chi connectivity index (χ0n) is 27.9. The second-order valence-corrected chi connectivity index (χ2v) is 14.8. The number of amides is 3. The maximum absolute atomic E-state index is 15.1. The van der Waals surface area contributed by atoms with Crippen LogP contribution in [0.4, 0.5) is 5.69 Å². The lowest BCUT2D eigenvalue weighted by molar-refractivity contribution is -0.155. The molecule has 0 aliphatic carbocycles. The van der Waals surface area contributed by atoms with Crippen LogP contribution in [-0.2, 0) is 19.1 Å². The van der Waals surface area contributed by atoms with Crippen molar-refractivity contribution in [1.82, 2.24) is 9.80 Å². The maximum atomic E-state index is 15.1. The molecule has 0 saturated carbocycles. The number of fused-ring (bicyclic) bond motifs is 1. The van der Waals surface area contributed by atoms with Crippen molar-refractivity contribution >= 4 is 23.4 Å². The van der Waals surface area contributed by atoms with Crippen LogP contribution in [0.5, 0.6) is 0 Å². The number of nitrogens with zero attached hydrogens (tertiary/aromatic N) is 3. The number of benzene rings is 2. The van der Waals surface area contributed by atoms with Crippen LogP contribution in [0.1, 0.15) is 65.5 Å². The minimum absolute atomic E-state index is 0.0846. The highest BCUT2D eigenvalue weighted by Gasteiger charge is 2.76. The molecule has 1 N–H and O–H groups in total. The number of aliphatic hydroxyl groups is 1. The second kappa shape index (κ2) is 12.8. The first-order valence-corrected chi connectivity index (χ1v) is 16.4. The number of hydrogen-bond donors (Lipinski definition) is 1. The number of ether oxygens (including phenoxy) is 1. The third kappa shape index (κ3) is 5.82. The number of rotatable bonds is 12. The Morgan fingerprint density at radius 3 is 2.17 bits per heavy atom. The normalized spacial score (nSPS) is 26.0. The largest absolute Gasteiger partial charge is 0.394 e. The molecule has 2 aromatic rings. The van der Waals surface area contributed by atoms with Crippen LogP contribution in [0.2, 0.25) is 0 Å². The van der Waals surface area contributed by atoms with Gasteiger partial charge in [0.05, 0.1) is 30.6 Å². The van der Waals surface area contributed by atoms with Crippen molar-refractivity contribution in [3.05, 3.63) is 91.5 Å². The lowest BCUT2D eigenvalue weighted by Gasteiger charge is -2.46. The van der Waals surface area contributed by atoms with Gasteiger partial charge in [-0.05, 0) is 56.2 Å². The Balaban J connectivity index is 1.64. The van der Waals surface area contributed by atoms with Gasteiger partial charge < -0.3 is 24.5 Å². The third-order valence-corrected chi connectivity index (χ3v) is 9.87. The van der Waals surface area contributed by atoms with E-state index in [4.69, 9.17) is 4.74 Å². The van der Waals surface area contributed by atoms with E-state index >= 15 is 4.79 Å². The monoisotopic (exact) mass is 627 g/mol. The average Bonchev–Trinajstić information content (AvgIpc) is 3.66. The fourth-order valence-corrected chi connectivity index (χ4v) is 8.56. The van der Waals surface area contributed by atoms with Crippen molar-refractivity contribution in [1.29, 1.82) is 0 Å². The molecular formula is C38H49N3O5. The summed E-state index contributed by atoms with van der Waals surface area (Å²) >= 11 is 0. The van der Waals surface area contributed by atoms with Crippen molar-refractivity contribution in [2.75, 3.05) is 24.6 Å². The van der Waals surface area contributed by atoms with Crippen LogP contribution in [0.25, 0.3) is 0 Å². The number of likely N-dealkylation sites (tertiary alicyclic amines) is 1. The fraction of sp³-hybridized carbons (Fsp3) is 0.500. The Morgan fingerprint density at radius 1 is 1.00 bits per heavy atom. The van der Waals surface area contributed by atoms with Gasteiger partial charge in [-0.3, -0.25) is 14.4 Å². The van der Waals surface area contributed by atoms with E-state index in [9.17, 15) is 14.7 Å². The molecule has 3 fully saturated rings. The first kappa shape index (κ1) is 33.6. The van der Waals surface area contributed by atoms with Gasteiger partial charge in [0.2, 0.25) is 17.7 Å². The number of carbonyl (C=O) groups excluding carboxylic acids is 3. The molecule has 3 heterocycles. The zero-order chi connectivity index (χ0) is 33.4. The van der Waals surface area contributed by atoms with Crippen molar-refractivity contribution in [3.63, 3.8) is 0 Å². The van der Waals surface area contributed by atoms with Gasteiger partial charge in [-0.25, -0.2) is 0 Å². The molecule has 3 amide bonds. The lowest BCUT2D eigenvalue weighted by atomic mass is 9.70. The van der Waals surface area contributed by atoms with E-state index in [0.29, 0.717) is 30.5 Å². The SMILES string of the molecule is C=CCN(C(=O)[C@@H]1[C@@H]2CCC3(O2)C(C(=O)N(CC=C)C(C)(C)CC(C)(C)C)N([C@H](CO)c2ccccc2)C(=O)[C@H]13)c1ccccc1. The van der Waals surface area contributed by atoms with Crippen LogP contribution in [-0.4, -0.2) is 75.6 Å². The van der Waals surface area contributed by atoms with Crippen molar-refractivity contribution in [2.45, 2.75) is 83.2 Å². The Hall–Kier alpha value is -3.75. The minimum Gasteiger partial charge on any atom is -0.394 e. The molecular weight excluding hydrogens is 578 g/mol. The summed E-state index contributed by atoms with van der Waals surface area (Å²) in [6.07, 6.45) is 4.60. The minimum atomic E-state index is -1.21. The van der Waals surface area contributed by atoms with Gasteiger partial charge in [-0.2, -0.15) is 0 Å². The van der Waals surface area contributed by atoms with Crippen LogP contribution in [0.3, 0.4) is 0 Å². The molecule has 8 heteroatoms. The molecule has 2 bridgehead atoms. The molecule has 246 valence electrons. The number of hydrogen-bond acceptors (Lipinski definition) is 5. The van der Waals surface area contributed by atoms with E-state index in [1.165, 1.54) is 0 Å². The van der Waals surface area contributed by atoms with Gasteiger partial charge >= 0.3 is 0 Å². The highest BCUT2D eigenvalue weighted by atomic mass is 16.5. The summed E-state index contributed by atoms with van der Waals surface area (Å²) in [4.78, 5) is 49.6. The molecule has 5 rings (SSSR count). The zero-order valence-corrected chi connectivity index (χ0v) is 27.9. The number of anilines is 1. The Bertz CT molecular complexity index is 1450. The molecule has 3 aliphatic heterocycles. The number of aliphatic hydroxyl groups excluding tert-OH is 1. The molecule has 8 nitrogen and oxygen atoms in total. The number of carbonyl (C=O) groups is 3. The predicted molar refractivity (Wildman–Crippen MR) is 180 cm³/mol. The molecule has 1 spiro atoms. The smallest absolute Gasteiger partial charge is 0.249 e. The number of para-hydroxylation sites is 1. The van der Waals surface area contributed by atoms with Crippen molar-refractivity contribution < 1.29 is 24.2 Å². The first-order valence-electron chi connectivity index (χ1n) is 16.4. The molecule has 3 saturated heterocycles. The van der Waals surface area contributed by atoms with E-state index in [1.807, 2.05) is 79.4 Å². The summed E-state index contributed by atoms with van der Waals surface area (Å²) in [6.45, 7) is 18.5. The molecule has 2 unspecified atom stereocenters. The molecule has 0 aromatic heterocycles. The summed E-state index contributed by atoms with van der Waals surface area (Å²) in [5.41, 5.74) is -0.466. The molecule has 46 heavy (non-hydrogen) atoms. The molecule has 6 atom stereocenters. The van der Waals surface area contributed by atoms with E-state index < -0.39 is 41.2 Å². The Morgan fingerprint density at radius 2 is 1.61 bits per heavy atom. The maximum Gasteiger partial charge on any atom is 0.249 e. The van der Waals surface area contributed by atoms with E-state index in [2.05, 4.69) is 33.9 Å². The second-order valence-electron chi connectivity index (χ2n) is 14.8. The van der Waals surface area contributed by atoms with Crippen molar-refractivity contribution in [3.8, 4) is 0 Å². The quantitative estimate of drug-likeness (QED) is 0.312. The highest BCUT2D eigenvalue weighted by molar-refractivity contribution is 6.03. The van der Waals surface area contributed by atoms with Gasteiger partial charge in [0.25, 0.3) is 0 Å². The average molecular weight is 628 g/mol. The highest BCUT2D eigenvalue weighted by Crippen LogP contribution is 2.60. The first-order chi connectivity index (χ1) is 21.8. The summed E-state index contributed by atoms with van der Waals surface area (Å²) in [7, 11) is 0. The topological polar surface area (TPSA) is 90.4 Å². The van der Waals surface area contributed by atoms with E-state index in [1.54, 1.807) is 22.0 Å². The third-order valence-electron chi connectivity index (χ3n) is 9.87. The van der Waals surface area contributed by atoms with Crippen LogP contribution >= 0.6 is 0 Å². The van der Waals surface area contributed by atoms with Gasteiger partial charge in [0, 0.05) is 24.3 Å². The van der Waals surface area contributed by atoms with Crippen LogP contribution < -0.4 is 4.90 Å². The Labute approximate surface area is 273 Å². The fourth-order valence-electron chi connectivity index (χ4n) is 8.56. The Kier molecular flexibility index (Phi) is 9.35.